The van der Waals surface area contributed by atoms with Gasteiger partial charge in [0.15, 0.2) is 0 Å². The van der Waals surface area contributed by atoms with Crippen molar-refractivity contribution < 1.29 is 4.79 Å². The van der Waals surface area contributed by atoms with Crippen LogP contribution in [0.15, 0.2) is 55.2 Å². The van der Waals surface area contributed by atoms with E-state index in [4.69, 9.17) is 0 Å². The second-order valence-electron chi connectivity index (χ2n) is 7.17. The minimum absolute atomic E-state index is 0.0829. The van der Waals surface area contributed by atoms with Gasteiger partial charge in [-0.05, 0) is 66.5 Å². The minimum atomic E-state index is 0.0829. The SMILES string of the molecule is C=C(C)c1cccc(C)c1-c1ccc2cc(NC(=O)C3CC3)ncc2c1. The Labute approximate surface area is 153 Å². The van der Waals surface area contributed by atoms with Crippen LogP contribution in [0.5, 0.6) is 0 Å². The Morgan fingerprint density at radius 1 is 1.15 bits per heavy atom. The van der Waals surface area contributed by atoms with Gasteiger partial charge in [-0.15, -0.1) is 0 Å². The van der Waals surface area contributed by atoms with E-state index >= 15 is 0 Å². The van der Waals surface area contributed by atoms with E-state index in [1.165, 1.54) is 16.7 Å². The van der Waals surface area contributed by atoms with E-state index in [1.807, 2.05) is 19.2 Å². The monoisotopic (exact) mass is 342 g/mol. The van der Waals surface area contributed by atoms with Crippen LogP contribution in [0.1, 0.15) is 30.9 Å². The number of hydrogen-bond acceptors (Lipinski definition) is 2. The summed E-state index contributed by atoms with van der Waals surface area (Å²) in [6.07, 6.45) is 3.81. The Morgan fingerprint density at radius 3 is 2.69 bits per heavy atom. The molecule has 0 spiro atoms. The van der Waals surface area contributed by atoms with Gasteiger partial charge < -0.3 is 5.32 Å². The van der Waals surface area contributed by atoms with Crippen LogP contribution >= 0.6 is 0 Å². The molecule has 3 nitrogen and oxygen atoms in total. The number of anilines is 1. The Balaban J connectivity index is 1.73. The molecule has 1 aliphatic carbocycles. The highest BCUT2D eigenvalue weighted by Gasteiger charge is 2.29. The Bertz CT molecular complexity index is 1030. The second-order valence-corrected chi connectivity index (χ2v) is 7.17. The number of rotatable bonds is 4. The first-order valence-electron chi connectivity index (χ1n) is 8.99. The molecule has 26 heavy (non-hydrogen) atoms. The van der Waals surface area contributed by atoms with Crippen molar-refractivity contribution in [3.8, 4) is 11.1 Å². The Morgan fingerprint density at radius 2 is 1.96 bits per heavy atom. The van der Waals surface area contributed by atoms with E-state index in [9.17, 15) is 4.79 Å². The predicted molar refractivity (Wildman–Crippen MR) is 108 cm³/mol. The largest absolute Gasteiger partial charge is 0.310 e. The van der Waals surface area contributed by atoms with Gasteiger partial charge in [-0.3, -0.25) is 4.79 Å². The van der Waals surface area contributed by atoms with Crippen LogP contribution < -0.4 is 5.32 Å². The summed E-state index contributed by atoms with van der Waals surface area (Å²) in [7, 11) is 0. The van der Waals surface area contributed by atoms with Crippen molar-refractivity contribution in [2.75, 3.05) is 5.32 Å². The third kappa shape index (κ3) is 3.13. The summed E-state index contributed by atoms with van der Waals surface area (Å²) in [5.74, 6) is 0.886. The van der Waals surface area contributed by atoms with Gasteiger partial charge >= 0.3 is 0 Å². The number of benzene rings is 2. The highest BCUT2D eigenvalue weighted by atomic mass is 16.2. The summed E-state index contributed by atoms with van der Waals surface area (Å²) in [5, 5.41) is 5.04. The number of aromatic nitrogens is 1. The van der Waals surface area contributed by atoms with Gasteiger partial charge in [0.2, 0.25) is 5.91 Å². The fourth-order valence-corrected chi connectivity index (χ4v) is 3.35. The summed E-state index contributed by atoms with van der Waals surface area (Å²) >= 11 is 0. The zero-order valence-electron chi connectivity index (χ0n) is 15.2. The van der Waals surface area contributed by atoms with Crippen LogP contribution in [0.4, 0.5) is 5.82 Å². The van der Waals surface area contributed by atoms with Crippen LogP contribution in [0, 0.1) is 12.8 Å². The molecule has 1 aromatic heterocycles. The predicted octanol–water partition coefficient (Wildman–Crippen LogP) is 5.59. The molecule has 1 heterocycles. The fourth-order valence-electron chi connectivity index (χ4n) is 3.35. The number of nitrogens with zero attached hydrogens (tertiary/aromatic N) is 1. The van der Waals surface area contributed by atoms with Gasteiger partial charge in [0.25, 0.3) is 0 Å². The van der Waals surface area contributed by atoms with Crippen molar-refractivity contribution in [2.45, 2.75) is 26.7 Å². The zero-order valence-corrected chi connectivity index (χ0v) is 15.2. The van der Waals surface area contributed by atoms with Gasteiger partial charge in [-0.1, -0.05) is 42.5 Å². The second kappa shape index (κ2) is 6.41. The third-order valence-electron chi connectivity index (χ3n) is 4.94. The van der Waals surface area contributed by atoms with Crippen LogP contribution in [0.2, 0.25) is 0 Å². The fraction of sp³-hybridized carbons (Fsp3) is 0.217. The molecule has 0 saturated heterocycles. The lowest BCUT2D eigenvalue weighted by molar-refractivity contribution is -0.117. The summed E-state index contributed by atoms with van der Waals surface area (Å²) in [6.45, 7) is 8.28. The maximum absolute atomic E-state index is 11.9. The molecule has 1 N–H and O–H groups in total. The van der Waals surface area contributed by atoms with Crippen LogP contribution in [-0.4, -0.2) is 10.9 Å². The zero-order chi connectivity index (χ0) is 18.3. The standard InChI is InChI=1S/C23H22N2O/c1-14(2)20-6-4-5-15(3)22(20)18-10-9-17-12-21(24-13-19(17)11-18)25-23(26)16-7-8-16/h4-6,9-13,16H,1,7-8H2,2-3H3,(H,24,25,26). The lowest BCUT2D eigenvalue weighted by atomic mass is 9.91. The van der Waals surface area contributed by atoms with E-state index in [0.29, 0.717) is 5.82 Å². The lowest BCUT2D eigenvalue weighted by Gasteiger charge is -2.14. The summed E-state index contributed by atoms with van der Waals surface area (Å²) in [6, 6.07) is 14.6. The van der Waals surface area contributed by atoms with E-state index in [1.54, 1.807) is 0 Å². The number of fused-ring (bicyclic) bond motifs is 1. The smallest absolute Gasteiger partial charge is 0.228 e. The lowest BCUT2D eigenvalue weighted by Crippen LogP contribution is -2.14. The summed E-state index contributed by atoms with van der Waals surface area (Å²) in [5.41, 5.74) is 5.83. The molecule has 0 radical (unpaired) electrons. The molecule has 0 bridgehead atoms. The Hall–Kier alpha value is -2.94. The molecular formula is C23H22N2O. The molecule has 2 aromatic carbocycles. The molecule has 1 saturated carbocycles. The van der Waals surface area contributed by atoms with E-state index in [2.05, 4.69) is 60.2 Å². The third-order valence-corrected chi connectivity index (χ3v) is 4.94. The number of carbonyl (C=O) groups excluding carboxylic acids is 1. The highest BCUT2D eigenvalue weighted by Crippen LogP contribution is 2.34. The minimum Gasteiger partial charge on any atom is -0.310 e. The maximum Gasteiger partial charge on any atom is 0.228 e. The van der Waals surface area contributed by atoms with E-state index < -0.39 is 0 Å². The maximum atomic E-state index is 11.9. The van der Waals surface area contributed by atoms with Crippen LogP contribution in [0.25, 0.3) is 27.5 Å². The molecule has 3 heteroatoms. The topological polar surface area (TPSA) is 42.0 Å². The van der Waals surface area contributed by atoms with Gasteiger partial charge in [0.1, 0.15) is 5.82 Å². The Kier molecular flexibility index (Phi) is 4.08. The van der Waals surface area contributed by atoms with Crippen molar-refractivity contribution in [3.63, 3.8) is 0 Å². The van der Waals surface area contributed by atoms with Crippen LogP contribution in [0.3, 0.4) is 0 Å². The van der Waals surface area contributed by atoms with Gasteiger partial charge in [0, 0.05) is 17.5 Å². The quantitative estimate of drug-likeness (QED) is 0.671. The molecule has 1 fully saturated rings. The molecule has 1 aliphatic rings. The first kappa shape index (κ1) is 16.5. The molecule has 0 atom stereocenters. The van der Waals surface area contributed by atoms with Crippen molar-refractivity contribution in [1.29, 1.82) is 0 Å². The average Bonchev–Trinajstić information content (AvgIpc) is 3.46. The van der Waals surface area contributed by atoms with E-state index in [-0.39, 0.29) is 11.8 Å². The molecule has 3 aromatic rings. The molecule has 130 valence electrons. The normalized spacial score (nSPS) is 13.6. The molecular weight excluding hydrogens is 320 g/mol. The number of hydrogen-bond donors (Lipinski definition) is 1. The average molecular weight is 342 g/mol. The summed E-state index contributed by atoms with van der Waals surface area (Å²) < 4.78 is 0. The molecule has 0 aliphatic heterocycles. The number of amides is 1. The first-order valence-corrected chi connectivity index (χ1v) is 8.99. The van der Waals surface area contributed by atoms with Crippen LogP contribution in [-0.2, 0) is 4.79 Å². The van der Waals surface area contributed by atoms with Gasteiger partial charge in [0.05, 0.1) is 0 Å². The van der Waals surface area contributed by atoms with Gasteiger partial charge in [-0.2, -0.15) is 0 Å². The number of nitrogens with one attached hydrogen (secondary N) is 1. The number of allylic oxidation sites excluding steroid dienone is 1. The molecule has 4 rings (SSSR count). The number of aryl methyl sites for hydroxylation is 1. The highest BCUT2D eigenvalue weighted by molar-refractivity contribution is 5.96. The number of pyridine rings is 1. The molecule has 0 unspecified atom stereocenters. The van der Waals surface area contributed by atoms with Crippen molar-refractivity contribution in [2.24, 2.45) is 5.92 Å². The molecule has 1 amide bonds. The van der Waals surface area contributed by atoms with Crippen molar-refractivity contribution in [3.05, 3.63) is 66.4 Å². The van der Waals surface area contributed by atoms with Crippen molar-refractivity contribution >= 4 is 28.1 Å². The number of carbonyl (C=O) groups is 1. The van der Waals surface area contributed by atoms with Crippen molar-refractivity contribution in [1.82, 2.24) is 4.98 Å². The van der Waals surface area contributed by atoms with Gasteiger partial charge in [-0.25, -0.2) is 4.98 Å². The van der Waals surface area contributed by atoms with E-state index in [0.717, 1.165) is 34.8 Å². The summed E-state index contributed by atoms with van der Waals surface area (Å²) in [4.78, 5) is 16.4. The first-order chi connectivity index (χ1) is 12.5.